The number of oxazole rings is 1. The summed E-state index contributed by atoms with van der Waals surface area (Å²) in [6.45, 7) is 7.06. The van der Waals surface area contributed by atoms with Gasteiger partial charge in [-0.25, -0.2) is 4.98 Å². The van der Waals surface area contributed by atoms with E-state index in [1.807, 2.05) is 30.0 Å². The van der Waals surface area contributed by atoms with Gasteiger partial charge < -0.3 is 14.2 Å². The van der Waals surface area contributed by atoms with Gasteiger partial charge in [0.05, 0.1) is 0 Å². The van der Waals surface area contributed by atoms with Crippen LogP contribution in [0.15, 0.2) is 46.9 Å². The third kappa shape index (κ3) is 3.09. The van der Waals surface area contributed by atoms with E-state index in [1.54, 1.807) is 0 Å². The van der Waals surface area contributed by atoms with Gasteiger partial charge in [0, 0.05) is 44.4 Å². The van der Waals surface area contributed by atoms with Gasteiger partial charge in [-0.2, -0.15) is 0 Å². The molecule has 0 radical (unpaired) electrons. The minimum Gasteiger partial charge on any atom is -0.441 e. The lowest BCUT2D eigenvalue weighted by atomic mass is 10.1. The third-order valence-electron chi connectivity index (χ3n) is 4.68. The first-order valence-corrected chi connectivity index (χ1v) is 8.58. The van der Waals surface area contributed by atoms with Gasteiger partial charge in [0.2, 0.25) is 0 Å². The molecule has 1 fully saturated rings. The van der Waals surface area contributed by atoms with Crippen LogP contribution in [0.25, 0.3) is 11.1 Å². The maximum absolute atomic E-state index is 12.8. The van der Waals surface area contributed by atoms with Crippen LogP contribution in [0.5, 0.6) is 0 Å². The largest absolute Gasteiger partial charge is 0.441 e. The summed E-state index contributed by atoms with van der Waals surface area (Å²) in [4.78, 5) is 21.4. The monoisotopic (exact) mass is 335 g/mol. The third-order valence-corrected chi connectivity index (χ3v) is 4.68. The molecule has 0 saturated carbocycles. The molecule has 0 bridgehead atoms. The zero-order valence-electron chi connectivity index (χ0n) is 14.5. The molecule has 0 unspecified atom stereocenters. The van der Waals surface area contributed by atoms with Gasteiger partial charge in [0.15, 0.2) is 11.5 Å². The predicted octanol–water partition coefficient (Wildman–Crippen LogP) is 3.41. The maximum Gasteiger partial charge on any atom is 0.254 e. The van der Waals surface area contributed by atoms with Crippen LogP contribution >= 0.6 is 0 Å². The van der Waals surface area contributed by atoms with Gasteiger partial charge in [-0.3, -0.25) is 4.79 Å². The number of benzene rings is 2. The van der Waals surface area contributed by atoms with E-state index in [1.165, 1.54) is 11.3 Å². The Kier molecular flexibility index (Phi) is 3.92. The molecule has 5 heteroatoms. The zero-order chi connectivity index (χ0) is 17.4. The van der Waals surface area contributed by atoms with E-state index in [4.69, 9.17) is 4.42 Å². The summed E-state index contributed by atoms with van der Waals surface area (Å²) in [6, 6.07) is 14.0. The molecule has 4 rings (SSSR count). The Balaban J connectivity index is 1.46. The van der Waals surface area contributed by atoms with Crippen molar-refractivity contribution in [2.24, 2.45) is 0 Å². The Bertz CT molecular complexity index is 924. The highest BCUT2D eigenvalue weighted by Crippen LogP contribution is 2.21. The number of rotatable bonds is 2. The van der Waals surface area contributed by atoms with Crippen LogP contribution in [0.4, 0.5) is 5.69 Å². The van der Waals surface area contributed by atoms with Gasteiger partial charge >= 0.3 is 0 Å². The zero-order valence-corrected chi connectivity index (χ0v) is 14.5. The number of aryl methyl sites for hydroxylation is 2. The molecular weight excluding hydrogens is 314 g/mol. The van der Waals surface area contributed by atoms with Crippen molar-refractivity contribution in [3.8, 4) is 0 Å². The minimum absolute atomic E-state index is 0.0615. The fraction of sp³-hybridized carbons (Fsp3) is 0.300. The quantitative estimate of drug-likeness (QED) is 0.720. The number of hydrogen-bond acceptors (Lipinski definition) is 4. The molecule has 1 aromatic heterocycles. The highest BCUT2D eigenvalue weighted by atomic mass is 16.3. The second-order valence-electron chi connectivity index (χ2n) is 6.53. The maximum atomic E-state index is 12.8. The number of piperazine rings is 1. The van der Waals surface area contributed by atoms with Crippen LogP contribution in [-0.2, 0) is 0 Å². The van der Waals surface area contributed by atoms with Crippen molar-refractivity contribution < 1.29 is 9.21 Å². The summed E-state index contributed by atoms with van der Waals surface area (Å²) >= 11 is 0. The smallest absolute Gasteiger partial charge is 0.254 e. The Morgan fingerprint density at radius 2 is 1.84 bits per heavy atom. The van der Waals surface area contributed by atoms with Gasteiger partial charge in [-0.1, -0.05) is 12.1 Å². The molecule has 2 heterocycles. The van der Waals surface area contributed by atoms with Crippen molar-refractivity contribution in [2.75, 3.05) is 31.1 Å². The lowest BCUT2D eigenvalue weighted by Crippen LogP contribution is -2.48. The molecule has 0 N–H and O–H groups in total. The van der Waals surface area contributed by atoms with Crippen LogP contribution in [0.3, 0.4) is 0 Å². The summed E-state index contributed by atoms with van der Waals surface area (Å²) in [5, 5.41) is 0. The molecule has 0 atom stereocenters. The molecular formula is C20H21N3O2. The fourth-order valence-electron chi connectivity index (χ4n) is 3.35. The first-order valence-electron chi connectivity index (χ1n) is 8.58. The standard InChI is InChI=1S/C20H21N3O2/c1-14-4-3-5-17(12-14)22-8-10-23(11-9-22)20(24)16-6-7-19-18(13-16)21-15(2)25-19/h3-7,12-13H,8-11H2,1-2H3. The molecule has 0 spiro atoms. The summed E-state index contributed by atoms with van der Waals surface area (Å²) in [5.74, 6) is 0.679. The van der Waals surface area contributed by atoms with Crippen molar-refractivity contribution in [2.45, 2.75) is 13.8 Å². The number of anilines is 1. The predicted molar refractivity (Wildman–Crippen MR) is 98.0 cm³/mol. The van der Waals surface area contributed by atoms with Gasteiger partial charge in [0.1, 0.15) is 5.52 Å². The number of fused-ring (bicyclic) bond motifs is 1. The van der Waals surface area contributed by atoms with Crippen molar-refractivity contribution >= 4 is 22.7 Å². The van der Waals surface area contributed by atoms with Crippen LogP contribution < -0.4 is 4.90 Å². The second-order valence-corrected chi connectivity index (χ2v) is 6.53. The van der Waals surface area contributed by atoms with Gasteiger partial charge in [-0.05, 0) is 42.8 Å². The summed E-state index contributed by atoms with van der Waals surface area (Å²) in [5.41, 5.74) is 4.61. The molecule has 1 aliphatic heterocycles. The summed E-state index contributed by atoms with van der Waals surface area (Å²) < 4.78 is 5.48. The molecule has 1 saturated heterocycles. The number of amides is 1. The van der Waals surface area contributed by atoms with Crippen molar-refractivity contribution in [3.63, 3.8) is 0 Å². The van der Waals surface area contributed by atoms with E-state index in [0.717, 1.165) is 37.3 Å². The number of nitrogens with zero attached hydrogens (tertiary/aromatic N) is 3. The van der Waals surface area contributed by atoms with Crippen LogP contribution in [0, 0.1) is 13.8 Å². The Morgan fingerprint density at radius 1 is 1.04 bits per heavy atom. The average molecular weight is 335 g/mol. The first kappa shape index (κ1) is 15.7. The van der Waals surface area contributed by atoms with E-state index in [0.29, 0.717) is 11.5 Å². The highest BCUT2D eigenvalue weighted by Gasteiger charge is 2.23. The molecule has 1 aliphatic rings. The van der Waals surface area contributed by atoms with Crippen LogP contribution in [-0.4, -0.2) is 42.0 Å². The Hall–Kier alpha value is -2.82. The first-order chi connectivity index (χ1) is 12.1. The van der Waals surface area contributed by atoms with Crippen molar-refractivity contribution in [1.29, 1.82) is 0 Å². The molecule has 25 heavy (non-hydrogen) atoms. The van der Waals surface area contributed by atoms with Crippen LogP contribution in [0.2, 0.25) is 0 Å². The van der Waals surface area contributed by atoms with E-state index < -0.39 is 0 Å². The topological polar surface area (TPSA) is 49.6 Å². The average Bonchev–Trinajstić information content (AvgIpc) is 3.00. The molecule has 2 aromatic carbocycles. The number of carbonyl (C=O) groups excluding carboxylic acids is 1. The minimum atomic E-state index is 0.0615. The Morgan fingerprint density at radius 3 is 2.60 bits per heavy atom. The normalized spacial score (nSPS) is 15.0. The van der Waals surface area contributed by atoms with E-state index in [2.05, 4.69) is 41.1 Å². The van der Waals surface area contributed by atoms with Crippen LogP contribution in [0.1, 0.15) is 21.8 Å². The molecule has 3 aromatic rings. The lowest BCUT2D eigenvalue weighted by Gasteiger charge is -2.36. The molecule has 1 amide bonds. The molecule has 128 valence electrons. The molecule has 0 aliphatic carbocycles. The van der Waals surface area contributed by atoms with Crippen molar-refractivity contribution in [1.82, 2.24) is 9.88 Å². The lowest BCUT2D eigenvalue weighted by molar-refractivity contribution is 0.0747. The number of carbonyl (C=O) groups is 1. The number of hydrogen-bond donors (Lipinski definition) is 0. The van der Waals surface area contributed by atoms with Gasteiger partial charge in [-0.15, -0.1) is 0 Å². The number of aromatic nitrogens is 1. The van der Waals surface area contributed by atoms with Crippen molar-refractivity contribution in [3.05, 3.63) is 59.5 Å². The van der Waals surface area contributed by atoms with Gasteiger partial charge in [0.25, 0.3) is 5.91 Å². The Labute approximate surface area is 146 Å². The summed E-state index contributed by atoms with van der Waals surface area (Å²) in [6.07, 6.45) is 0. The second kappa shape index (κ2) is 6.24. The summed E-state index contributed by atoms with van der Waals surface area (Å²) in [7, 11) is 0. The molecule has 5 nitrogen and oxygen atoms in total. The SMILES string of the molecule is Cc1cccc(N2CCN(C(=O)c3ccc4oc(C)nc4c3)CC2)c1. The van der Waals surface area contributed by atoms with E-state index in [-0.39, 0.29) is 5.91 Å². The van der Waals surface area contributed by atoms with E-state index in [9.17, 15) is 4.79 Å². The highest BCUT2D eigenvalue weighted by molar-refractivity contribution is 5.97. The fourth-order valence-corrected chi connectivity index (χ4v) is 3.35. The van der Waals surface area contributed by atoms with E-state index >= 15 is 0 Å².